The molecule has 0 aliphatic carbocycles. The lowest BCUT2D eigenvalue weighted by molar-refractivity contribution is 0.0701. The number of aromatic carboxylic acids is 1. The summed E-state index contributed by atoms with van der Waals surface area (Å²) < 4.78 is 12.0. The lowest BCUT2D eigenvalue weighted by atomic mass is 10.2. The maximum atomic E-state index is 11.0. The summed E-state index contributed by atoms with van der Waals surface area (Å²) in [6, 6.07) is 3.60. The van der Waals surface area contributed by atoms with Crippen molar-refractivity contribution in [2.75, 3.05) is 14.2 Å². The van der Waals surface area contributed by atoms with Gasteiger partial charge in [0.05, 0.1) is 14.2 Å². The average molecular weight is 364 g/mol. The molecule has 0 spiro atoms. The maximum absolute atomic E-state index is 11.0. The topological polar surface area (TPSA) is 55.8 Å². The number of hydrogen-bond acceptors (Lipinski definition) is 4. The van der Waals surface area contributed by atoms with Crippen LogP contribution in [0.5, 0.6) is 11.5 Å². The molecule has 0 atom stereocenters. The number of carboxylic acid groups (broad SMARTS) is 1. The maximum Gasteiger partial charge on any atom is 0.347 e. The van der Waals surface area contributed by atoms with Crippen molar-refractivity contribution in [2.45, 2.75) is 0 Å². The third kappa shape index (κ3) is 2.06. The van der Waals surface area contributed by atoms with Gasteiger partial charge in [-0.1, -0.05) is 0 Å². The monoisotopic (exact) mass is 364 g/mol. The molecule has 0 saturated carbocycles. The summed E-state index contributed by atoms with van der Waals surface area (Å²) in [5.74, 6) is 0.302. The predicted octanol–water partition coefficient (Wildman–Crippen LogP) is 3.22. The van der Waals surface area contributed by atoms with Gasteiger partial charge in [0.15, 0.2) is 11.5 Å². The Morgan fingerprint density at radius 1 is 1.29 bits per heavy atom. The van der Waals surface area contributed by atoms with Crippen molar-refractivity contribution >= 4 is 50.0 Å². The van der Waals surface area contributed by atoms with Crippen molar-refractivity contribution in [3.05, 3.63) is 20.6 Å². The number of methoxy groups -OCH3 is 2. The fourth-order valence-electron chi connectivity index (χ4n) is 1.53. The van der Waals surface area contributed by atoms with Gasteiger partial charge in [0, 0.05) is 19.7 Å². The fraction of sp³-hybridized carbons (Fsp3) is 0.182. The molecule has 0 bridgehead atoms. The number of hydrogen-bond donors (Lipinski definition) is 1. The van der Waals surface area contributed by atoms with Gasteiger partial charge in [0.25, 0.3) is 0 Å². The average Bonchev–Trinajstić information content (AvgIpc) is 2.64. The highest BCUT2D eigenvalue weighted by atomic mass is 127. The molecule has 1 heterocycles. The van der Waals surface area contributed by atoms with E-state index >= 15 is 0 Å². The SMILES string of the molecule is COc1cc2sc(C(=O)O)c(I)c2cc1OC. The van der Waals surface area contributed by atoms with Crippen LogP contribution in [0.2, 0.25) is 0 Å². The minimum Gasteiger partial charge on any atom is -0.493 e. The molecule has 0 radical (unpaired) electrons. The van der Waals surface area contributed by atoms with Crippen LogP contribution in [0.4, 0.5) is 0 Å². The minimum atomic E-state index is -0.909. The number of ether oxygens (including phenoxy) is 2. The first-order chi connectivity index (χ1) is 8.08. The highest BCUT2D eigenvalue weighted by Gasteiger charge is 2.18. The zero-order valence-corrected chi connectivity index (χ0v) is 12.1. The Labute approximate surface area is 115 Å². The second-order valence-corrected chi connectivity index (χ2v) is 5.38. The van der Waals surface area contributed by atoms with Gasteiger partial charge in [-0.05, 0) is 28.7 Å². The Hall–Kier alpha value is -1.02. The largest absolute Gasteiger partial charge is 0.493 e. The number of carbonyl (C=O) groups is 1. The summed E-state index contributed by atoms with van der Waals surface area (Å²) in [7, 11) is 3.11. The molecule has 0 amide bonds. The van der Waals surface area contributed by atoms with Crippen molar-refractivity contribution < 1.29 is 19.4 Å². The summed E-state index contributed by atoms with van der Waals surface area (Å²) in [6.45, 7) is 0. The van der Waals surface area contributed by atoms with Crippen molar-refractivity contribution in [2.24, 2.45) is 0 Å². The summed E-state index contributed by atoms with van der Waals surface area (Å²) in [5, 5.41) is 9.94. The highest BCUT2D eigenvalue weighted by molar-refractivity contribution is 14.1. The molecule has 90 valence electrons. The van der Waals surface area contributed by atoms with Crippen molar-refractivity contribution in [3.8, 4) is 11.5 Å². The van der Waals surface area contributed by atoms with Crippen molar-refractivity contribution in [1.82, 2.24) is 0 Å². The Kier molecular flexibility index (Phi) is 3.43. The number of fused-ring (bicyclic) bond motifs is 1. The summed E-state index contributed by atoms with van der Waals surface area (Å²) in [4.78, 5) is 11.4. The molecule has 2 rings (SSSR count). The summed E-state index contributed by atoms with van der Waals surface area (Å²) >= 11 is 3.28. The van der Waals surface area contributed by atoms with Crippen molar-refractivity contribution in [1.29, 1.82) is 0 Å². The molecule has 0 aliphatic rings. The Morgan fingerprint density at radius 2 is 1.88 bits per heavy atom. The van der Waals surface area contributed by atoms with Gasteiger partial charge in [-0.3, -0.25) is 0 Å². The first-order valence-corrected chi connectivity index (χ1v) is 6.55. The van der Waals surface area contributed by atoms with Crippen molar-refractivity contribution in [3.63, 3.8) is 0 Å². The third-order valence-electron chi connectivity index (χ3n) is 2.33. The first-order valence-electron chi connectivity index (χ1n) is 4.65. The van der Waals surface area contributed by atoms with Crippen LogP contribution >= 0.6 is 33.9 Å². The van der Waals surface area contributed by atoms with Crippen LogP contribution in [0.3, 0.4) is 0 Å². The van der Waals surface area contributed by atoms with Crippen LogP contribution in [0.25, 0.3) is 10.1 Å². The molecule has 1 aromatic carbocycles. The quantitative estimate of drug-likeness (QED) is 0.850. The lowest BCUT2D eigenvalue weighted by Gasteiger charge is -2.06. The Bertz CT molecular complexity index is 591. The third-order valence-corrected chi connectivity index (χ3v) is 4.95. The standard InChI is InChI=1S/C11H9IO4S/c1-15-6-3-5-8(4-7(6)16-2)17-10(9(5)12)11(13)14/h3-4H,1-2H3,(H,13,14). The summed E-state index contributed by atoms with van der Waals surface area (Å²) in [6.07, 6.45) is 0. The van der Waals surface area contributed by atoms with E-state index in [1.165, 1.54) is 11.3 Å². The molecule has 0 aliphatic heterocycles. The molecular formula is C11H9IO4S. The number of benzene rings is 1. The normalized spacial score (nSPS) is 10.5. The smallest absolute Gasteiger partial charge is 0.347 e. The Morgan fingerprint density at radius 3 is 2.41 bits per heavy atom. The molecule has 1 aromatic heterocycles. The van der Waals surface area contributed by atoms with Gasteiger partial charge >= 0.3 is 5.97 Å². The molecule has 17 heavy (non-hydrogen) atoms. The molecule has 0 unspecified atom stereocenters. The van der Waals surface area contributed by atoms with Crippen LogP contribution in [0, 0.1) is 3.57 Å². The highest BCUT2D eigenvalue weighted by Crippen LogP contribution is 2.39. The molecule has 4 nitrogen and oxygen atoms in total. The van der Waals surface area contributed by atoms with Gasteiger partial charge < -0.3 is 14.6 Å². The molecule has 6 heteroatoms. The van der Waals surface area contributed by atoms with Gasteiger partial charge in [-0.25, -0.2) is 4.79 Å². The van der Waals surface area contributed by atoms with E-state index in [1.54, 1.807) is 26.4 Å². The van der Waals surface area contributed by atoms with E-state index < -0.39 is 5.97 Å². The zero-order chi connectivity index (χ0) is 12.6. The zero-order valence-electron chi connectivity index (χ0n) is 9.11. The summed E-state index contributed by atoms with van der Waals surface area (Å²) in [5.41, 5.74) is 0. The van der Waals surface area contributed by atoms with E-state index in [-0.39, 0.29) is 0 Å². The minimum absolute atomic E-state index is 0.343. The van der Waals surface area contributed by atoms with E-state index in [0.29, 0.717) is 16.4 Å². The van der Waals surface area contributed by atoms with Gasteiger partial charge in [-0.15, -0.1) is 11.3 Å². The second-order valence-electron chi connectivity index (χ2n) is 3.25. The first kappa shape index (κ1) is 12.4. The van der Waals surface area contributed by atoms with Crippen LogP contribution in [0.15, 0.2) is 12.1 Å². The number of carboxylic acids is 1. The van der Waals surface area contributed by atoms with Crippen LogP contribution in [-0.4, -0.2) is 25.3 Å². The fourth-order valence-corrected chi connectivity index (χ4v) is 3.66. The Balaban J connectivity index is 2.75. The molecular weight excluding hydrogens is 355 g/mol. The molecule has 2 aromatic rings. The van der Waals surface area contributed by atoms with E-state index in [0.717, 1.165) is 13.7 Å². The van der Waals surface area contributed by atoms with Gasteiger partial charge in [0.2, 0.25) is 0 Å². The molecule has 0 saturated heterocycles. The van der Waals surface area contributed by atoms with Gasteiger partial charge in [-0.2, -0.15) is 0 Å². The van der Waals surface area contributed by atoms with E-state index in [1.807, 2.05) is 22.6 Å². The van der Waals surface area contributed by atoms with E-state index in [9.17, 15) is 4.79 Å². The van der Waals surface area contributed by atoms with Crippen LogP contribution < -0.4 is 9.47 Å². The number of halogens is 1. The van der Waals surface area contributed by atoms with Gasteiger partial charge in [0.1, 0.15) is 4.88 Å². The molecule has 0 fully saturated rings. The predicted molar refractivity (Wildman–Crippen MR) is 74.6 cm³/mol. The van der Waals surface area contributed by atoms with E-state index in [2.05, 4.69) is 0 Å². The lowest BCUT2D eigenvalue weighted by Crippen LogP contribution is -1.93. The van der Waals surface area contributed by atoms with E-state index in [4.69, 9.17) is 14.6 Å². The molecule has 1 N–H and O–H groups in total. The van der Waals surface area contributed by atoms with Crippen LogP contribution in [0.1, 0.15) is 9.67 Å². The number of thiophene rings is 1. The number of rotatable bonds is 3. The second kappa shape index (κ2) is 4.69. The van der Waals surface area contributed by atoms with Crippen LogP contribution in [-0.2, 0) is 0 Å².